The van der Waals surface area contributed by atoms with Gasteiger partial charge in [0.25, 0.3) is 0 Å². The van der Waals surface area contributed by atoms with Gasteiger partial charge < -0.3 is 5.11 Å². The number of carboxylic acid groups (broad SMARTS) is 1. The zero-order valence-corrected chi connectivity index (χ0v) is 11.6. The van der Waals surface area contributed by atoms with Gasteiger partial charge in [-0.05, 0) is 18.4 Å². The lowest BCUT2D eigenvalue weighted by molar-refractivity contribution is -0.137. The highest BCUT2D eigenvalue weighted by Gasteiger charge is 2.18. The summed E-state index contributed by atoms with van der Waals surface area (Å²) in [6.45, 7) is 0. The van der Waals surface area contributed by atoms with Crippen LogP contribution in [0.1, 0.15) is 12.0 Å². The van der Waals surface area contributed by atoms with Crippen LogP contribution in [0.2, 0.25) is 5.54 Å². The van der Waals surface area contributed by atoms with E-state index >= 15 is 0 Å². The molecule has 0 amide bonds. The lowest BCUT2D eigenvalue weighted by Crippen LogP contribution is -2.25. The van der Waals surface area contributed by atoms with Crippen LogP contribution in [0, 0.1) is 0 Å². The van der Waals surface area contributed by atoms with E-state index in [2.05, 4.69) is 0 Å². The Morgan fingerprint density at radius 3 is 2.16 bits per heavy atom. The summed E-state index contributed by atoms with van der Waals surface area (Å²) in [7, 11) is 0.328. The molecule has 0 saturated heterocycles. The second-order valence-corrected chi connectivity index (χ2v) is 5.99. The Morgan fingerprint density at radius 2 is 1.58 bits per heavy atom. The highest BCUT2D eigenvalue weighted by molar-refractivity contribution is 6.58. The van der Waals surface area contributed by atoms with Crippen LogP contribution in [0.4, 0.5) is 0 Å². The van der Waals surface area contributed by atoms with E-state index in [0.717, 1.165) is 11.6 Å². The number of benzene rings is 2. The first kappa shape index (κ1) is 13.6. The smallest absolute Gasteiger partial charge is 0.303 e. The molecule has 0 aliphatic carbocycles. The first-order valence-electron chi connectivity index (χ1n) is 6.34. The van der Waals surface area contributed by atoms with Crippen LogP contribution >= 0.6 is 0 Å². The minimum Gasteiger partial charge on any atom is -0.481 e. The van der Waals surface area contributed by atoms with Crippen molar-refractivity contribution < 1.29 is 9.90 Å². The Bertz CT molecular complexity index is 511. The number of hydrogen-bond donors (Lipinski definition) is 1. The van der Waals surface area contributed by atoms with Gasteiger partial charge >= 0.3 is 5.97 Å². The lowest BCUT2D eigenvalue weighted by Gasteiger charge is -2.11. The molecule has 19 heavy (non-hydrogen) atoms. The van der Waals surface area contributed by atoms with Crippen molar-refractivity contribution in [3.05, 3.63) is 66.2 Å². The van der Waals surface area contributed by atoms with E-state index in [1.807, 2.05) is 60.7 Å². The molecule has 1 atom stereocenters. The van der Waals surface area contributed by atoms with Gasteiger partial charge in [0, 0.05) is 0 Å². The minimum atomic E-state index is -0.696. The van der Waals surface area contributed by atoms with Gasteiger partial charge in [-0.15, -0.1) is 0 Å². The molecular weight excluding hydrogens is 252 g/mol. The van der Waals surface area contributed by atoms with Gasteiger partial charge in [-0.2, -0.15) is 0 Å². The molecule has 0 saturated carbocycles. The molecule has 2 nitrogen and oxygen atoms in total. The average molecular weight is 268 g/mol. The predicted molar refractivity (Wildman–Crippen MR) is 78.0 cm³/mol. The number of carbonyl (C=O) groups is 1. The Hall–Kier alpha value is -1.87. The first-order valence-corrected chi connectivity index (χ1v) is 7.42. The van der Waals surface area contributed by atoms with Crippen LogP contribution in [-0.4, -0.2) is 20.6 Å². The summed E-state index contributed by atoms with van der Waals surface area (Å²) in [4.78, 5) is 11.3. The van der Waals surface area contributed by atoms with Crippen molar-refractivity contribution in [3.8, 4) is 0 Å². The Kier molecular flexibility index (Phi) is 4.92. The van der Waals surface area contributed by atoms with E-state index in [1.165, 1.54) is 5.56 Å². The Morgan fingerprint density at radius 1 is 1.00 bits per heavy atom. The molecule has 0 bridgehead atoms. The molecule has 0 fully saturated rings. The van der Waals surface area contributed by atoms with Crippen molar-refractivity contribution in [2.45, 2.75) is 18.4 Å². The molecule has 0 aliphatic rings. The molecule has 0 aliphatic heterocycles. The fraction of sp³-hybridized carbons (Fsp3) is 0.188. The molecule has 0 spiro atoms. The normalized spacial score (nSPS) is 12.0. The van der Waals surface area contributed by atoms with Crippen LogP contribution in [-0.2, 0) is 11.2 Å². The molecular formula is C16H16O2Si. The van der Waals surface area contributed by atoms with Gasteiger partial charge in [-0.1, -0.05) is 65.9 Å². The number of rotatable bonds is 6. The van der Waals surface area contributed by atoms with Crippen LogP contribution < -0.4 is 5.19 Å². The van der Waals surface area contributed by atoms with E-state index in [4.69, 9.17) is 0 Å². The van der Waals surface area contributed by atoms with Crippen molar-refractivity contribution in [2.24, 2.45) is 0 Å². The zero-order valence-electron chi connectivity index (χ0n) is 10.6. The summed E-state index contributed by atoms with van der Waals surface area (Å²) in [6, 6.07) is 19.9. The van der Waals surface area contributed by atoms with Crippen molar-refractivity contribution in [3.63, 3.8) is 0 Å². The molecule has 96 valence electrons. The summed E-state index contributed by atoms with van der Waals surface area (Å²) in [5, 5.41) is 10.4. The summed E-state index contributed by atoms with van der Waals surface area (Å²) < 4.78 is 0. The van der Waals surface area contributed by atoms with Gasteiger partial charge in [0.05, 0.1) is 15.1 Å². The van der Waals surface area contributed by atoms with Crippen molar-refractivity contribution in [2.75, 3.05) is 0 Å². The third-order valence-corrected chi connectivity index (χ3v) is 4.53. The molecule has 2 aromatic rings. The largest absolute Gasteiger partial charge is 0.481 e. The standard InChI is InChI=1S/C16H16O2Si/c17-16(18)15(19-14-9-5-2-6-10-14)12-11-13-7-3-1-4-8-13/h1-10,15H,11-12H2,(H,17,18). The quantitative estimate of drug-likeness (QED) is 0.817. The fourth-order valence-corrected chi connectivity index (χ4v) is 3.15. The maximum atomic E-state index is 11.3. The number of carboxylic acids is 1. The van der Waals surface area contributed by atoms with Gasteiger partial charge in [0.1, 0.15) is 0 Å². The molecule has 2 aromatic carbocycles. The van der Waals surface area contributed by atoms with Gasteiger partial charge in [0.15, 0.2) is 0 Å². The fourth-order valence-electron chi connectivity index (χ4n) is 1.95. The van der Waals surface area contributed by atoms with Gasteiger partial charge in [0.2, 0.25) is 0 Å². The van der Waals surface area contributed by atoms with E-state index in [0.29, 0.717) is 15.9 Å². The molecule has 3 heteroatoms. The van der Waals surface area contributed by atoms with E-state index < -0.39 is 5.97 Å². The number of aryl methyl sites for hydroxylation is 1. The second-order valence-electron chi connectivity index (χ2n) is 4.43. The maximum absolute atomic E-state index is 11.3. The first-order chi connectivity index (χ1) is 9.25. The van der Waals surface area contributed by atoms with Gasteiger partial charge in [-0.25, -0.2) is 0 Å². The van der Waals surface area contributed by atoms with E-state index in [9.17, 15) is 9.90 Å². The molecule has 0 heterocycles. The summed E-state index contributed by atoms with van der Waals surface area (Å²) >= 11 is 0. The molecule has 2 radical (unpaired) electrons. The van der Waals surface area contributed by atoms with E-state index in [1.54, 1.807) is 0 Å². The molecule has 0 aromatic heterocycles. The SMILES string of the molecule is O=C(O)C(CCc1ccccc1)[Si]c1ccccc1. The predicted octanol–water partition coefficient (Wildman–Crippen LogP) is 2.52. The summed E-state index contributed by atoms with van der Waals surface area (Å²) in [5.74, 6) is -0.696. The topological polar surface area (TPSA) is 37.3 Å². The highest BCUT2D eigenvalue weighted by Crippen LogP contribution is 2.14. The highest BCUT2D eigenvalue weighted by atomic mass is 28.2. The molecule has 2 rings (SSSR count). The number of hydrogen-bond acceptors (Lipinski definition) is 1. The number of aliphatic carboxylic acids is 1. The Labute approximate surface area is 115 Å². The van der Waals surface area contributed by atoms with E-state index in [-0.39, 0.29) is 5.54 Å². The molecule has 1 unspecified atom stereocenters. The summed E-state index contributed by atoms with van der Waals surface area (Å²) in [5.41, 5.74) is 0.911. The average Bonchev–Trinajstić information content (AvgIpc) is 2.45. The lowest BCUT2D eigenvalue weighted by atomic mass is 10.1. The third kappa shape index (κ3) is 4.37. The zero-order chi connectivity index (χ0) is 13.5. The third-order valence-electron chi connectivity index (χ3n) is 2.98. The monoisotopic (exact) mass is 268 g/mol. The van der Waals surface area contributed by atoms with Crippen molar-refractivity contribution in [1.29, 1.82) is 0 Å². The van der Waals surface area contributed by atoms with Gasteiger partial charge in [-0.3, -0.25) is 4.79 Å². The van der Waals surface area contributed by atoms with Crippen molar-refractivity contribution in [1.82, 2.24) is 0 Å². The van der Waals surface area contributed by atoms with Crippen LogP contribution in [0.25, 0.3) is 0 Å². The van der Waals surface area contributed by atoms with Crippen LogP contribution in [0.3, 0.4) is 0 Å². The molecule has 1 N–H and O–H groups in total. The van der Waals surface area contributed by atoms with Crippen LogP contribution in [0.15, 0.2) is 60.7 Å². The van der Waals surface area contributed by atoms with Crippen molar-refractivity contribution >= 4 is 20.7 Å². The minimum absolute atomic E-state index is 0.289. The second kappa shape index (κ2) is 6.90. The Balaban J connectivity index is 1.95. The summed E-state index contributed by atoms with van der Waals surface area (Å²) in [6.07, 6.45) is 1.50. The maximum Gasteiger partial charge on any atom is 0.303 e. The van der Waals surface area contributed by atoms with Crippen LogP contribution in [0.5, 0.6) is 0 Å².